The third-order valence-electron chi connectivity index (χ3n) is 2.49. The molecule has 0 spiro atoms. The Bertz CT molecular complexity index is 525. The van der Waals surface area contributed by atoms with Crippen LogP contribution < -0.4 is 0 Å². The summed E-state index contributed by atoms with van der Waals surface area (Å²) in [5, 5.41) is 9.06. The smallest absolute Gasteiger partial charge is 0.0682 e. The van der Waals surface area contributed by atoms with E-state index in [1.165, 1.54) is 10.5 Å². The minimum atomic E-state index is 0.0773. The number of benzene rings is 2. The summed E-state index contributed by atoms with van der Waals surface area (Å²) in [5.41, 5.74) is 2.20. The largest absolute Gasteiger partial charge is 0.392 e. The van der Waals surface area contributed by atoms with Gasteiger partial charge in [-0.05, 0) is 52.2 Å². The molecule has 2 rings (SSSR count). The first-order valence-corrected chi connectivity index (χ1v) is 6.94. The molecule has 2 aromatic carbocycles. The Morgan fingerprint density at radius 1 is 1.12 bits per heavy atom. The highest BCUT2D eigenvalue weighted by molar-refractivity contribution is 9.10. The molecule has 0 amide bonds. The maximum atomic E-state index is 9.06. The molecule has 0 aliphatic carbocycles. The highest BCUT2D eigenvalue weighted by Gasteiger charge is 2.05. The molecule has 0 aliphatic rings. The van der Waals surface area contributed by atoms with E-state index >= 15 is 0 Å². The van der Waals surface area contributed by atoms with Crippen molar-refractivity contribution in [1.29, 1.82) is 0 Å². The van der Waals surface area contributed by atoms with Crippen LogP contribution in [0.1, 0.15) is 11.1 Å². The van der Waals surface area contributed by atoms with Crippen LogP contribution in [-0.4, -0.2) is 5.11 Å². The molecule has 0 radical (unpaired) electrons. The number of halogens is 1. The van der Waals surface area contributed by atoms with Crippen molar-refractivity contribution in [3.63, 3.8) is 0 Å². The van der Waals surface area contributed by atoms with E-state index in [0.717, 1.165) is 14.9 Å². The molecule has 0 saturated heterocycles. The van der Waals surface area contributed by atoms with Crippen molar-refractivity contribution in [2.75, 3.05) is 0 Å². The second-order valence-corrected chi connectivity index (χ2v) is 5.73. The molecule has 1 nitrogen and oxygen atoms in total. The van der Waals surface area contributed by atoms with Crippen molar-refractivity contribution in [3.8, 4) is 0 Å². The van der Waals surface area contributed by atoms with E-state index < -0.39 is 0 Å². The molecule has 1 N–H and O–H groups in total. The molecule has 0 fully saturated rings. The van der Waals surface area contributed by atoms with Gasteiger partial charge in [0.2, 0.25) is 0 Å². The molecule has 0 aromatic heterocycles. The minimum absolute atomic E-state index is 0.0773. The van der Waals surface area contributed by atoms with Gasteiger partial charge in [0, 0.05) is 14.3 Å². The molecule has 0 unspecified atom stereocenters. The molecule has 17 heavy (non-hydrogen) atoms. The Hall–Kier alpha value is -0.770. The van der Waals surface area contributed by atoms with Gasteiger partial charge in [-0.15, -0.1) is 0 Å². The van der Waals surface area contributed by atoms with Crippen LogP contribution in [-0.2, 0) is 6.61 Å². The first kappa shape index (κ1) is 12.7. The second kappa shape index (κ2) is 5.71. The highest BCUT2D eigenvalue weighted by atomic mass is 79.9. The summed E-state index contributed by atoms with van der Waals surface area (Å²) in [7, 11) is 0. The third kappa shape index (κ3) is 3.12. The highest BCUT2D eigenvalue weighted by Crippen LogP contribution is 2.35. The van der Waals surface area contributed by atoms with Crippen LogP contribution in [0.4, 0.5) is 0 Å². The normalized spacial score (nSPS) is 10.5. The minimum Gasteiger partial charge on any atom is -0.392 e. The number of aliphatic hydroxyl groups excluding tert-OH is 1. The van der Waals surface area contributed by atoms with Crippen LogP contribution in [0, 0.1) is 6.92 Å². The molecular formula is C14H13BrOS. The Balaban J connectivity index is 2.28. The number of hydrogen-bond donors (Lipinski definition) is 1. The number of aliphatic hydroxyl groups is 1. The van der Waals surface area contributed by atoms with E-state index in [9.17, 15) is 0 Å². The lowest BCUT2D eigenvalue weighted by molar-refractivity contribution is 0.281. The van der Waals surface area contributed by atoms with Gasteiger partial charge in [0.15, 0.2) is 0 Å². The van der Waals surface area contributed by atoms with E-state index in [1.807, 2.05) is 30.3 Å². The fraction of sp³-hybridized carbons (Fsp3) is 0.143. The fourth-order valence-corrected chi connectivity index (χ4v) is 3.09. The van der Waals surface area contributed by atoms with Crippen molar-refractivity contribution in [2.24, 2.45) is 0 Å². The van der Waals surface area contributed by atoms with Crippen molar-refractivity contribution in [3.05, 3.63) is 58.1 Å². The van der Waals surface area contributed by atoms with Crippen LogP contribution in [0.2, 0.25) is 0 Å². The molecule has 0 atom stereocenters. The lowest BCUT2D eigenvalue weighted by Gasteiger charge is -2.08. The summed E-state index contributed by atoms with van der Waals surface area (Å²) < 4.78 is 1.03. The van der Waals surface area contributed by atoms with Gasteiger partial charge in [-0.2, -0.15) is 0 Å². The molecule has 3 heteroatoms. The number of aryl methyl sites for hydroxylation is 1. The standard InChI is InChI=1S/C14H13BrOS/c1-10-4-2-3-5-13(10)17-14-7-6-11(9-16)8-12(14)15/h2-8,16H,9H2,1H3. The van der Waals surface area contributed by atoms with Crippen LogP contribution in [0.5, 0.6) is 0 Å². The zero-order valence-corrected chi connectivity index (χ0v) is 11.9. The average Bonchev–Trinajstić information content (AvgIpc) is 2.34. The van der Waals surface area contributed by atoms with Gasteiger partial charge in [-0.25, -0.2) is 0 Å². The topological polar surface area (TPSA) is 20.2 Å². The Morgan fingerprint density at radius 2 is 1.88 bits per heavy atom. The van der Waals surface area contributed by atoms with E-state index in [2.05, 4.69) is 35.0 Å². The summed E-state index contributed by atoms with van der Waals surface area (Å²) in [6.45, 7) is 2.19. The van der Waals surface area contributed by atoms with Crippen molar-refractivity contribution in [2.45, 2.75) is 23.3 Å². The number of rotatable bonds is 3. The van der Waals surface area contributed by atoms with Crippen LogP contribution in [0.25, 0.3) is 0 Å². The van der Waals surface area contributed by atoms with Crippen molar-refractivity contribution < 1.29 is 5.11 Å². The van der Waals surface area contributed by atoms with E-state index in [4.69, 9.17) is 5.11 Å². The molecule has 2 aromatic rings. The van der Waals surface area contributed by atoms with Gasteiger partial charge in [0.05, 0.1) is 6.61 Å². The fourth-order valence-electron chi connectivity index (χ4n) is 1.51. The lowest BCUT2D eigenvalue weighted by Crippen LogP contribution is -1.85. The summed E-state index contributed by atoms with van der Waals surface area (Å²) >= 11 is 5.27. The Labute approximate surface area is 114 Å². The molecule has 88 valence electrons. The summed E-state index contributed by atoms with van der Waals surface area (Å²) in [5.74, 6) is 0. The first-order chi connectivity index (χ1) is 8.20. The van der Waals surface area contributed by atoms with Gasteiger partial charge in [0.25, 0.3) is 0 Å². The van der Waals surface area contributed by atoms with E-state index in [-0.39, 0.29) is 6.61 Å². The first-order valence-electron chi connectivity index (χ1n) is 5.33. The van der Waals surface area contributed by atoms with Crippen molar-refractivity contribution in [1.82, 2.24) is 0 Å². The molecular weight excluding hydrogens is 296 g/mol. The predicted octanol–water partition coefficient (Wildman–Crippen LogP) is 4.40. The summed E-state index contributed by atoms with van der Waals surface area (Å²) in [4.78, 5) is 2.42. The lowest BCUT2D eigenvalue weighted by atomic mass is 10.2. The van der Waals surface area contributed by atoms with Crippen molar-refractivity contribution >= 4 is 27.7 Å². The predicted molar refractivity (Wildman–Crippen MR) is 75.4 cm³/mol. The quantitative estimate of drug-likeness (QED) is 0.907. The van der Waals surface area contributed by atoms with E-state index in [0.29, 0.717) is 0 Å². The average molecular weight is 309 g/mol. The SMILES string of the molecule is Cc1ccccc1Sc1ccc(CO)cc1Br. The van der Waals surface area contributed by atoms with Gasteiger partial charge in [-0.1, -0.05) is 36.0 Å². The zero-order chi connectivity index (χ0) is 12.3. The monoisotopic (exact) mass is 308 g/mol. The van der Waals surface area contributed by atoms with Crippen LogP contribution in [0.15, 0.2) is 56.7 Å². The van der Waals surface area contributed by atoms with Crippen LogP contribution in [0.3, 0.4) is 0 Å². The summed E-state index contributed by atoms with van der Waals surface area (Å²) in [6.07, 6.45) is 0. The summed E-state index contributed by atoms with van der Waals surface area (Å²) in [6, 6.07) is 14.3. The third-order valence-corrected chi connectivity index (χ3v) is 4.66. The van der Waals surface area contributed by atoms with Crippen LogP contribution >= 0.6 is 27.7 Å². The van der Waals surface area contributed by atoms with Gasteiger partial charge in [0.1, 0.15) is 0 Å². The van der Waals surface area contributed by atoms with Gasteiger partial charge >= 0.3 is 0 Å². The molecule has 0 bridgehead atoms. The zero-order valence-electron chi connectivity index (χ0n) is 9.48. The van der Waals surface area contributed by atoms with Gasteiger partial charge in [-0.3, -0.25) is 0 Å². The second-order valence-electron chi connectivity index (χ2n) is 3.79. The van der Waals surface area contributed by atoms with Gasteiger partial charge < -0.3 is 5.11 Å². The Morgan fingerprint density at radius 3 is 2.53 bits per heavy atom. The maximum absolute atomic E-state index is 9.06. The maximum Gasteiger partial charge on any atom is 0.0682 e. The van der Waals surface area contributed by atoms with E-state index in [1.54, 1.807) is 11.8 Å². The Kier molecular flexibility index (Phi) is 4.26. The molecule has 0 aliphatic heterocycles. The molecule has 0 saturated carbocycles. The molecule has 0 heterocycles. The number of hydrogen-bond acceptors (Lipinski definition) is 2.